The molecule has 1 saturated heterocycles. The van der Waals surface area contributed by atoms with Gasteiger partial charge in [-0.2, -0.15) is 0 Å². The molecule has 0 aliphatic carbocycles. The number of carbonyl (C=O) groups is 1. The Hall–Kier alpha value is -1.47. The van der Waals surface area contributed by atoms with Crippen molar-refractivity contribution in [2.45, 2.75) is 6.42 Å². The maximum atomic E-state index is 11.8. The van der Waals surface area contributed by atoms with Gasteiger partial charge in [0.1, 0.15) is 0 Å². The minimum Gasteiger partial charge on any atom is -0.379 e. The lowest BCUT2D eigenvalue weighted by Gasteiger charge is -2.26. The van der Waals surface area contributed by atoms with Crippen molar-refractivity contribution < 1.29 is 9.53 Å². The molecule has 2 rings (SSSR count). The van der Waals surface area contributed by atoms with Crippen LogP contribution in [-0.4, -0.2) is 55.3 Å². The van der Waals surface area contributed by atoms with Crippen LogP contribution in [0.2, 0.25) is 5.02 Å². The zero-order valence-corrected chi connectivity index (χ0v) is 15.0. The fourth-order valence-electron chi connectivity index (χ4n) is 2.27. The average molecular weight is 368 g/mol. The van der Waals surface area contributed by atoms with Crippen molar-refractivity contribution in [1.82, 2.24) is 15.5 Å². The minimum absolute atomic E-state index is 0.254. The summed E-state index contributed by atoms with van der Waals surface area (Å²) in [6.07, 6.45) is 4.13. The first-order chi connectivity index (χ1) is 11.6. The molecule has 0 atom stereocenters. The number of rotatable bonds is 6. The van der Waals surface area contributed by atoms with Gasteiger partial charge in [0, 0.05) is 30.7 Å². The van der Waals surface area contributed by atoms with Crippen LogP contribution in [0.1, 0.15) is 12.0 Å². The fraction of sp³-hybridized carbons (Fsp3) is 0.412. The molecule has 24 heavy (non-hydrogen) atoms. The van der Waals surface area contributed by atoms with Gasteiger partial charge in [0.2, 0.25) is 5.91 Å². The number of amides is 1. The van der Waals surface area contributed by atoms with E-state index in [9.17, 15) is 4.79 Å². The first-order valence-electron chi connectivity index (χ1n) is 7.96. The summed E-state index contributed by atoms with van der Waals surface area (Å²) in [4.78, 5) is 14.2. The number of nitrogens with one attached hydrogen (secondary N) is 2. The largest absolute Gasteiger partial charge is 0.379 e. The van der Waals surface area contributed by atoms with E-state index in [1.54, 1.807) is 18.2 Å². The summed E-state index contributed by atoms with van der Waals surface area (Å²) in [6, 6.07) is 7.24. The highest BCUT2D eigenvalue weighted by Crippen LogP contribution is 2.10. The number of ether oxygens (including phenoxy) is 1. The Kier molecular flexibility index (Phi) is 8.18. The molecule has 1 aliphatic rings. The second kappa shape index (κ2) is 10.4. The van der Waals surface area contributed by atoms with Crippen molar-refractivity contribution in [2.24, 2.45) is 0 Å². The van der Waals surface area contributed by atoms with E-state index in [0.717, 1.165) is 51.4 Å². The zero-order chi connectivity index (χ0) is 17.2. The van der Waals surface area contributed by atoms with Crippen LogP contribution in [0.15, 0.2) is 30.3 Å². The van der Waals surface area contributed by atoms with Crippen molar-refractivity contribution >= 4 is 40.9 Å². The molecule has 1 amide bonds. The molecule has 7 heteroatoms. The van der Waals surface area contributed by atoms with Gasteiger partial charge < -0.3 is 10.1 Å². The second-order valence-corrected chi connectivity index (χ2v) is 6.28. The number of hydrogen-bond donors (Lipinski definition) is 2. The molecule has 5 nitrogen and oxygen atoms in total. The van der Waals surface area contributed by atoms with Crippen LogP contribution in [0.25, 0.3) is 6.08 Å². The normalized spacial score (nSPS) is 15.4. The zero-order valence-electron chi connectivity index (χ0n) is 13.5. The van der Waals surface area contributed by atoms with Crippen LogP contribution in [0.3, 0.4) is 0 Å². The van der Waals surface area contributed by atoms with E-state index in [1.165, 1.54) is 6.08 Å². The van der Waals surface area contributed by atoms with Crippen molar-refractivity contribution in [1.29, 1.82) is 0 Å². The highest BCUT2D eigenvalue weighted by molar-refractivity contribution is 7.80. The standard InChI is InChI=1S/C17H22ClN3O2S/c18-15-5-2-14(3-6-15)4-7-16(22)20-17(24)19-8-1-9-21-10-12-23-13-11-21/h2-7H,1,8-13H2,(H2,19,20,22,24)/b7-4+. The van der Waals surface area contributed by atoms with Crippen LogP contribution in [0.4, 0.5) is 0 Å². The SMILES string of the molecule is O=C(/C=C/c1ccc(Cl)cc1)NC(=S)NCCCN1CCOCC1. The number of thiocarbonyl (C=S) groups is 1. The predicted molar refractivity (Wildman–Crippen MR) is 101 cm³/mol. The van der Waals surface area contributed by atoms with E-state index in [2.05, 4.69) is 15.5 Å². The van der Waals surface area contributed by atoms with E-state index in [4.69, 9.17) is 28.6 Å². The molecule has 1 aromatic rings. The Labute approximate surface area is 153 Å². The van der Waals surface area contributed by atoms with E-state index in [0.29, 0.717) is 10.1 Å². The Bertz CT molecular complexity index is 572. The molecule has 0 unspecified atom stereocenters. The van der Waals surface area contributed by atoms with Crippen molar-refractivity contribution in [3.05, 3.63) is 40.9 Å². The molecule has 130 valence electrons. The summed E-state index contributed by atoms with van der Waals surface area (Å²) >= 11 is 10.9. The first kappa shape index (κ1) is 18.9. The highest BCUT2D eigenvalue weighted by Gasteiger charge is 2.09. The molecular formula is C17H22ClN3O2S. The third-order valence-corrected chi connectivity index (χ3v) is 4.07. The maximum Gasteiger partial charge on any atom is 0.250 e. The number of morpholine rings is 1. The molecule has 0 spiro atoms. The number of carbonyl (C=O) groups excluding carboxylic acids is 1. The van der Waals surface area contributed by atoms with Gasteiger partial charge in [-0.25, -0.2) is 0 Å². The Morgan fingerprint density at radius 1 is 1.29 bits per heavy atom. The first-order valence-corrected chi connectivity index (χ1v) is 8.75. The molecule has 0 radical (unpaired) electrons. The average Bonchev–Trinajstić information content (AvgIpc) is 2.59. The summed E-state index contributed by atoms with van der Waals surface area (Å²) in [6.45, 7) is 5.32. The Balaban J connectivity index is 1.60. The van der Waals surface area contributed by atoms with Gasteiger partial charge >= 0.3 is 0 Å². The monoisotopic (exact) mass is 367 g/mol. The lowest BCUT2D eigenvalue weighted by molar-refractivity contribution is -0.115. The van der Waals surface area contributed by atoms with Crippen LogP contribution in [-0.2, 0) is 9.53 Å². The summed E-state index contributed by atoms with van der Waals surface area (Å²) in [7, 11) is 0. The fourth-order valence-corrected chi connectivity index (χ4v) is 2.60. The predicted octanol–water partition coefficient (Wildman–Crippen LogP) is 2.07. The molecular weight excluding hydrogens is 346 g/mol. The maximum absolute atomic E-state index is 11.8. The van der Waals surface area contributed by atoms with Crippen molar-refractivity contribution in [2.75, 3.05) is 39.4 Å². The number of hydrogen-bond acceptors (Lipinski definition) is 4. The van der Waals surface area contributed by atoms with Crippen LogP contribution in [0.5, 0.6) is 0 Å². The van der Waals surface area contributed by atoms with E-state index >= 15 is 0 Å². The van der Waals surface area contributed by atoms with E-state index in [1.807, 2.05) is 12.1 Å². The third kappa shape index (κ3) is 7.40. The van der Waals surface area contributed by atoms with Crippen molar-refractivity contribution in [3.63, 3.8) is 0 Å². The summed E-state index contributed by atoms with van der Waals surface area (Å²) in [5, 5.41) is 6.70. The number of nitrogens with zero attached hydrogens (tertiary/aromatic N) is 1. The molecule has 0 aromatic heterocycles. The van der Waals surface area contributed by atoms with Gasteiger partial charge in [-0.1, -0.05) is 23.7 Å². The highest BCUT2D eigenvalue weighted by atomic mass is 35.5. The van der Waals surface area contributed by atoms with Crippen LogP contribution < -0.4 is 10.6 Å². The molecule has 1 heterocycles. The van der Waals surface area contributed by atoms with Gasteiger partial charge in [0.05, 0.1) is 13.2 Å². The van der Waals surface area contributed by atoms with Gasteiger partial charge in [-0.3, -0.25) is 15.0 Å². The molecule has 2 N–H and O–H groups in total. The van der Waals surface area contributed by atoms with Gasteiger partial charge in [-0.05, 0) is 49.0 Å². The van der Waals surface area contributed by atoms with E-state index in [-0.39, 0.29) is 5.91 Å². The summed E-state index contributed by atoms with van der Waals surface area (Å²) < 4.78 is 5.31. The molecule has 1 aliphatic heterocycles. The molecule has 1 aromatic carbocycles. The topological polar surface area (TPSA) is 53.6 Å². The molecule has 1 fully saturated rings. The Morgan fingerprint density at radius 3 is 2.71 bits per heavy atom. The lowest BCUT2D eigenvalue weighted by Crippen LogP contribution is -2.41. The summed E-state index contributed by atoms with van der Waals surface area (Å²) in [5.74, 6) is -0.254. The van der Waals surface area contributed by atoms with E-state index < -0.39 is 0 Å². The second-order valence-electron chi connectivity index (χ2n) is 5.44. The third-order valence-electron chi connectivity index (χ3n) is 3.57. The minimum atomic E-state index is -0.254. The summed E-state index contributed by atoms with van der Waals surface area (Å²) in [5.41, 5.74) is 0.902. The van der Waals surface area contributed by atoms with Gasteiger partial charge in [-0.15, -0.1) is 0 Å². The number of halogens is 1. The quantitative estimate of drug-likeness (QED) is 0.458. The molecule has 0 bridgehead atoms. The van der Waals surface area contributed by atoms with Crippen LogP contribution in [0, 0.1) is 0 Å². The van der Waals surface area contributed by atoms with Crippen molar-refractivity contribution in [3.8, 4) is 0 Å². The molecule has 0 saturated carbocycles. The van der Waals surface area contributed by atoms with Crippen LogP contribution >= 0.6 is 23.8 Å². The lowest BCUT2D eigenvalue weighted by atomic mass is 10.2. The smallest absolute Gasteiger partial charge is 0.250 e. The Morgan fingerprint density at radius 2 is 2.00 bits per heavy atom. The van der Waals surface area contributed by atoms with Gasteiger partial charge in [0.25, 0.3) is 0 Å². The number of benzene rings is 1. The van der Waals surface area contributed by atoms with Gasteiger partial charge in [0.15, 0.2) is 5.11 Å².